The van der Waals surface area contributed by atoms with E-state index in [2.05, 4.69) is 25.9 Å². The maximum atomic E-state index is 14.4. The zero-order chi connectivity index (χ0) is 31.1. The average molecular weight is 597 g/mol. The molecule has 43 heavy (non-hydrogen) atoms. The van der Waals surface area contributed by atoms with Gasteiger partial charge in [-0.15, -0.1) is 0 Å². The molecule has 2 saturated carbocycles. The van der Waals surface area contributed by atoms with Crippen LogP contribution in [0.2, 0.25) is 0 Å². The van der Waals surface area contributed by atoms with Gasteiger partial charge in [0.1, 0.15) is 30.1 Å². The van der Waals surface area contributed by atoms with E-state index in [4.69, 9.17) is 0 Å². The number of hydrogen-bond acceptors (Lipinski definition) is 7. The van der Waals surface area contributed by atoms with Gasteiger partial charge in [-0.1, -0.05) is 59.8 Å². The summed E-state index contributed by atoms with van der Waals surface area (Å²) in [6.07, 6.45) is 13.7. The van der Waals surface area contributed by atoms with Crippen molar-refractivity contribution in [2.24, 2.45) is 23.2 Å². The Kier molecular flexibility index (Phi) is 10.9. The Balaban J connectivity index is 1.57. The summed E-state index contributed by atoms with van der Waals surface area (Å²) in [5.74, 6) is -1.36. The number of fused-ring (bicyclic) bond motifs is 1. The van der Waals surface area contributed by atoms with Crippen LogP contribution >= 0.6 is 0 Å². The van der Waals surface area contributed by atoms with Gasteiger partial charge in [-0.2, -0.15) is 0 Å². The Morgan fingerprint density at radius 1 is 1.00 bits per heavy atom. The predicted octanol–water partition coefficient (Wildman–Crippen LogP) is 2.80. The summed E-state index contributed by atoms with van der Waals surface area (Å²) in [7, 11) is 0. The summed E-state index contributed by atoms with van der Waals surface area (Å²) in [6.45, 7) is 8.06. The Bertz CT molecular complexity index is 1150. The molecule has 0 radical (unpaired) electrons. The van der Waals surface area contributed by atoms with Gasteiger partial charge < -0.3 is 25.6 Å². The van der Waals surface area contributed by atoms with E-state index in [9.17, 15) is 24.0 Å². The number of nitrogens with one attached hydrogen (secondary N) is 3. The Morgan fingerprint density at radius 3 is 2.37 bits per heavy atom. The van der Waals surface area contributed by atoms with Crippen molar-refractivity contribution in [3.63, 3.8) is 0 Å². The van der Waals surface area contributed by atoms with Crippen molar-refractivity contribution in [2.75, 3.05) is 6.54 Å². The van der Waals surface area contributed by atoms with Gasteiger partial charge in [-0.3, -0.25) is 24.2 Å². The molecule has 4 rings (SSSR count). The molecule has 0 spiro atoms. The maximum Gasteiger partial charge on any atom is 0.272 e. The van der Waals surface area contributed by atoms with Crippen molar-refractivity contribution in [3.8, 4) is 0 Å². The summed E-state index contributed by atoms with van der Waals surface area (Å²) in [6, 6.07) is -3.05. The number of carbonyl (C=O) groups is 5. The van der Waals surface area contributed by atoms with Crippen molar-refractivity contribution in [3.05, 3.63) is 24.3 Å². The molecule has 0 aromatic carbocycles. The lowest BCUT2D eigenvalue weighted by Crippen LogP contribution is -2.62. The molecule has 0 unspecified atom stereocenters. The van der Waals surface area contributed by atoms with Crippen LogP contribution in [0.5, 0.6) is 0 Å². The van der Waals surface area contributed by atoms with Gasteiger partial charge in [-0.25, -0.2) is 4.98 Å². The topological polar surface area (TPSA) is 150 Å². The minimum absolute atomic E-state index is 0.0236. The number of nitrogens with zero attached hydrogens (tertiary/aromatic N) is 3. The summed E-state index contributed by atoms with van der Waals surface area (Å²) >= 11 is 0. The first-order valence-electron chi connectivity index (χ1n) is 16.0. The minimum atomic E-state index is -0.925. The van der Waals surface area contributed by atoms with Crippen LogP contribution in [-0.4, -0.2) is 75.5 Å². The molecular weight excluding hydrogens is 548 g/mol. The molecule has 3 fully saturated rings. The smallest absolute Gasteiger partial charge is 0.272 e. The number of carbonyl (C=O) groups excluding carboxylic acids is 5. The maximum absolute atomic E-state index is 14.4. The van der Waals surface area contributed by atoms with Crippen molar-refractivity contribution >= 4 is 29.9 Å². The molecule has 11 heteroatoms. The zero-order valence-corrected chi connectivity index (χ0v) is 26.0. The van der Waals surface area contributed by atoms with Crippen LogP contribution in [-0.2, 0) is 19.2 Å². The second-order valence-corrected chi connectivity index (χ2v) is 13.6. The summed E-state index contributed by atoms with van der Waals surface area (Å²) in [5.41, 5.74) is -0.556. The van der Waals surface area contributed by atoms with Crippen LogP contribution in [0.1, 0.15) is 102 Å². The van der Waals surface area contributed by atoms with Gasteiger partial charge in [-0.05, 0) is 55.3 Å². The van der Waals surface area contributed by atoms with Crippen LogP contribution in [0.15, 0.2) is 18.6 Å². The molecule has 3 aliphatic rings. The fraction of sp³-hybridized carbons (Fsp3) is 0.719. The van der Waals surface area contributed by atoms with Gasteiger partial charge in [0.05, 0.1) is 12.2 Å². The SMILES string of the molecule is CCC[C@@H](C=O)NC(=O)[C@@H]1[C@H]2CCC[C@H]2CN1C(=O)[C@@H](NC(=O)[C@@H](NC(=O)c1cnccn1)C1CCCCC1)C(C)(C)C. The summed E-state index contributed by atoms with van der Waals surface area (Å²) < 4.78 is 0. The van der Waals surface area contributed by atoms with Crippen molar-refractivity contribution < 1.29 is 24.0 Å². The molecule has 4 amide bonds. The van der Waals surface area contributed by atoms with Gasteiger partial charge in [0, 0.05) is 18.9 Å². The average Bonchev–Trinajstić information content (AvgIpc) is 3.60. The third-order valence-corrected chi connectivity index (χ3v) is 9.42. The number of amides is 4. The molecule has 1 saturated heterocycles. The lowest BCUT2D eigenvalue weighted by Gasteiger charge is -2.38. The first-order chi connectivity index (χ1) is 20.5. The molecule has 11 nitrogen and oxygen atoms in total. The van der Waals surface area contributed by atoms with E-state index in [1.807, 2.05) is 27.7 Å². The molecule has 236 valence electrons. The summed E-state index contributed by atoms with van der Waals surface area (Å²) in [4.78, 5) is 76.4. The number of likely N-dealkylation sites (tertiary alicyclic amines) is 1. The monoisotopic (exact) mass is 596 g/mol. The van der Waals surface area contributed by atoms with E-state index >= 15 is 0 Å². The number of rotatable bonds is 11. The van der Waals surface area contributed by atoms with E-state index in [0.29, 0.717) is 13.0 Å². The van der Waals surface area contributed by atoms with Gasteiger partial charge in [0.25, 0.3) is 5.91 Å². The minimum Gasteiger partial charge on any atom is -0.345 e. The lowest BCUT2D eigenvalue weighted by atomic mass is 9.82. The zero-order valence-electron chi connectivity index (χ0n) is 26.0. The predicted molar refractivity (Wildman–Crippen MR) is 160 cm³/mol. The first kappa shape index (κ1) is 32.5. The van der Waals surface area contributed by atoms with Gasteiger partial charge in [0.2, 0.25) is 17.7 Å². The van der Waals surface area contributed by atoms with E-state index in [1.54, 1.807) is 4.90 Å². The number of hydrogen-bond donors (Lipinski definition) is 3. The molecule has 1 aromatic heterocycles. The van der Waals surface area contributed by atoms with Crippen LogP contribution in [0, 0.1) is 23.2 Å². The number of aldehydes is 1. The fourth-order valence-electron chi connectivity index (χ4n) is 7.16. The van der Waals surface area contributed by atoms with Crippen LogP contribution in [0.3, 0.4) is 0 Å². The quantitative estimate of drug-likeness (QED) is 0.333. The van der Waals surface area contributed by atoms with Crippen molar-refractivity contribution in [2.45, 2.75) is 116 Å². The molecule has 1 aromatic rings. The van der Waals surface area contributed by atoms with Crippen LogP contribution < -0.4 is 16.0 Å². The third-order valence-electron chi connectivity index (χ3n) is 9.42. The molecule has 0 bridgehead atoms. The number of aromatic nitrogens is 2. The highest BCUT2D eigenvalue weighted by molar-refractivity contribution is 5.98. The third kappa shape index (κ3) is 7.78. The summed E-state index contributed by atoms with van der Waals surface area (Å²) in [5, 5.41) is 8.79. The second-order valence-electron chi connectivity index (χ2n) is 13.6. The van der Waals surface area contributed by atoms with Crippen LogP contribution in [0.4, 0.5) is 0 Å². The highest BCUT2D eigenvalue weighted by Gasteiger charge is 2.52. The van der Waals surface area contributed by atoms with Crippen LogP contribution in [0.25, 0.3) is 0 Å². The Morgan fingerprint density at radius 2 is 1.74 bits per heavy atom. The van der Waals surface area contributed by atoms with Crippen molar-refractivity contribution in [1.82, 2.24) is 30.8 Å². The van der Waals surface area contributed by atoms with E-state index in [1.165, 1.54) is 18.6 Å². The molecule has 2 heterocycles. The Hall–Kier alpha value is -3.37. The highest BCUT2D eigenvalue weighted by atomic mass is 16.2. The Labute approximate surface area is 254 Å². The molecular formula is C32H48N6O5. The van der Waals surface area contributed by atoms with Gasteiger partial charge >= 0.3 is 0 Å². The molecule has 2 aliphatic carbocycles. The molecule has 3 N–H and O–H groups in total. The van der Waals surface area contributed by atoms with E-state index < -0.39 is 41.4 Å². The first-order valence-corrected chi connectivity index (χ1v) is 16.0. The highest BCUT2D eigenvalue weighted by Crippen LogP contribution is 2.43. The lowest BCUT2D eigenvalue weighted by molar-refractivity contribution is -0.145. The fourth-order valence-corrected chi connectivity index (χ4v) is 7.16. The van der Waals surface area contributed by atoms with E-state index in [-0.39, 0.29) is 35.3 Å². The molecule has 1 aliphatic heterocycles. The largest absolute Gasteiger partial charge is 0.345 e. The van der Waals surface area contributed by atoms with E-state index in [0.717, 1.165) is 64.1 Å². The standard InChI is InChI=1S/C32H48N6O5/c1-5-10-22(19-39)35-30(42)26-23-14-9-13-21(23)18-38(26)31(43)27(32(2,3)4)37-29(41)25(20-11-7-6-8-12-20)36-28(40)24-17-33-15-16-34-24/h15-17,19-23,25-27H,5-14,18H2,1-4H3,(H,35,42)(H,36,40)(H,37,41)/t21-,22-,23-,25-,26-,27+/m0/s1. The van der Waals surface area contributed by atoms with Crippen molar-refractivity contribution in [1.29, 1.82) is 0 Å². The normalized spacial score (nSPS) is 24.4. The van der Waals surface area contributed by atoms with Gasteiger partial charge in [0.15, 0.2) is 0 Å². The molecule has 6 atom stereocenters. The second kappa shape index (κ2) is 14.4.